The third kappa shape index (κ3) is 5.72. The zero-order valence-electron chi connectivity index (χ0n) is 17.5. The van der Waals surface area contributed by atoms with Gasteiger partial charge in [0.15, 0.2) is 0 Å². The van der Waals surface area contributed by atoms with Crippen molar-refractivity contribution in [2.24, 2.45) is 0 Å². The zero-order valence-corrected chi connectivity index (χ0v) is 18.4. The van der Waals surface area contributed by atoms with Crippen LogP contribution in [0.3, 0.4) is 0 Å². The number of sulfonamides is 1. The first-order valence-corrected chi connectivity index (χ1v) is 10.9. The number of halogens is 6. The molecule has 2 aromatic rings. The summed E-state index contributed by atoms with van der Waals surface area (Å²) in [6.45, 7) is 8.90. The average molecular weight is 467 g/mol. The molecule has 0 aliphatic heterocycles. The minimum absolute atomic E-state index is 0.0555. The molecule has 0 bridgehead atoms. The van der Waals surface area contributed by atoms with E-state index in [9.17, 15) is 34.8 Å². The van der Waals surface area contributed by atoms with Crippen LogP contribution in [0.4, 0.5) is 32.0 Å². The van der Waals surface area contributed by atoms with Gasteiger partial charge in [-0.15, -0.1) is 0 Å². The number of rotatable bonds is 5. The maximum atomic E-state index is 13.1. The van der Waals surface area contributed by atoms with Crippen LogP contribution < -0.4 is 4.72 Å². The third-order valence-electron chi connectivity index (χ3n) is 4.72. The fourth-order valence-corrected chi connectivity index (χ4v) is 4.80. The molecule has 2 aromatic carbocycles. The monoisotopic (exact) mass is 467 g/mol. The summed E-state index contributed by atoms with van der Waals surface area (Å²) in [5.74, 6) is -0.157. The Morgan fingerprint density at radius 2 is 1.26 bits per heavy atom. The topological polar surface area (TPSA) is 46.2 Å². The van der Waals surface area contributed by atoms with Crippen LogP contribution in [-0.4, -0.2) is 8.42 Å². The lowest BCUT2D eigenvalue weighted by atomic mass is 9.93. The fraction of sp³-hybridized carbons (Fsp3) is 0.429. The second-order valence-corrected chi connectivity index (χ2v) is 9.58. The third-order valence-corrected chi connectivity index (χ3v) is 6.32. The van der Waals surface area contributed by atoms with Crippen LogP contribution in [0.15, 0.2) is 35.2 Å². The maximum absolute atomic E-state index is 13.1. The van der Waals surface area contributed by atoms with Crippen molar-refractivity contribution in [1.82, 2.24) is 0 Å². The van der Waals surface area contributed by atoms with Crippen LogP contribution in [0.5, 0.6) is 0 Å². The summed E-state index contributed by atoms with van der Waals surface area (Å²) in [5, 5.41) is 0. The summed E-state index contributed by atoms with van der Waals surface area (Å²) in [5.41, 5.74) is -2.36. The van der Waals surface area contributed by atoms with Crippen molar-refractivity contribution in [3.63, 3.8) is 0 Å². The highest BCUT2D eigenvalue weighted by Gasteiger charge is 2.37. The summed E-state index contributed by atoms with van der Waals surface area (Å²) in [4.78, 5) is -0.155. The molecule has 2 rings (SSSR count). The highest BCUT2D eigenvalue weighted by molar-refractivity contribution is 7.92. The van der Waals surface area contributed by atoms with Crippen LogP contribution in [0.1, 0.15) is 67.3 Å². The first-order chi connectivity index (χ1) is 13.9. The number of alkyl halides is 6. The highest BCUT2D eigenvalue weighted by Crippen LogP contribution is 2.39. The van der Waals surface area contributed by atoms with E-state index >= 15 is 0 Å². The van der Waals surface area contributed by atoms with Crippen LogP contribution >= 0.6 is 0 Å². The second-order valence-electron chi connectivity index (χ2n) is 7.97. The van der Waals surface area contributed by atoms with E-state index in [1.54, 1.807) is 32.9 Å². The van der Waals surface area contributed by atoms with Gasteiger partial charge in [0, 0.05) is 0 Å². The molecule has 172 valence electrons. The van der Waals surface area contributed by atoms with Crippen LogP contribution in [0, 0.1) is 6.92 Å². The molecule has 0 radical (unpaired) electrons. The van der Waals surface area contributed by atoms with E-state index < -0.39 is 39.2 Å². The van der Waals surface area contributed by atoms with E-state index in [0.717, 1.165) is 5.56 Å². The number of hydrogen-bond donors (Lipinski definition) is 1. The number of benzene rings is 2. The summed E-state index contributed by atoms with van der Waals surface area (Å²) >= 11 is 0. The van der Waals surface area contributed by atoms with Crippen LogP contribution in [0.2, 0.25) is 0 Å². The molecule has 0 aliphatic carbocycles. The average Bonchev–Trinajstić information content (AvgIpc) is 2.58. The van der Waals surface area contributed by atoms with Crippen molar-refractivity contribution in [3.8, 4) is 0 Å². The van der Waals surface area contributed by atoms with Gasteiger partial charge in [0.25, 0.3) is 10.0 Å². The molecule has 0 unspecified atom stereocenters. The van der Waals surface area contributed by atoms with Gasteiger partial charge in [-0.2, -0.15) is 26.3 Å². The largest absolute Gasteiger partial charge is 0.416 e. The lowest BCUT2D eigenvalue weighted by Gasteiger charge is -2.21. The summed E-state index contributed by atoms with van der Waals surface area (Å²) in [6.07, 6.45) is -10.2. The quantitative estimate of drug-likeness (QED) is 0.478. The Morgan fingerprint density at radius 3 is 1.65 bits per heavy atom. The molecule has 0 fully saturated rings. The Balaban J connectivity index is 2.67. The molecule has 0 saturated carbocycles. The van der Waals surface area contributed by atoms with Gasteiger partial charge in [0.05, 0.1) is 21.7 Å². The lowest BCUT2D eigenvalue weighted by Crippen LogP contribution is -2.19. The Morgan fingerprint density at radius 1 is 0.774 bits per heavy atom. The van der Waals surface area contributed by atoms with E-state index in [4.69, 9.17) is 0 Å². The smallest absolute Gasteiger partial charge is 0.280 e. The SMILES string of the molecule is Cc1cc(C(C)C)cc(C(C)C)c1S(=O)(=O)Nc1cc(C(F)(F)F)cc(C(F)(F)F)c1. The van der Waals surface area contributed by atoms with Crippen molar-refractivity contribution in [1.29, 1.82) is 0 Å². The second kappa shape index (κ2) is 8.37. The fourth-order valence-electron chi connectivity index (χ4n) is 3.18. The number of anilines is 1. The van der Waals surface area contributed by atoms with Crippen LogP contribution in [0.25, 0.3) is 0 Å². The summed E-state index contributed by atoms with van der Waals surface area (Å²) in [6, 6.07) is 3.99. The first-order valence-electron chi connectivity index (χ1n) is 9.40. The first kappa shape index (κ1) is 25.0. The Labute approximate surface area is 177 Å². The van der Waals surface area contributed by atoms with Gasteiger partial charge in [-0.1, -0.05) is 39.8 Å². The van der Waals surface area contributed by atoms with Gasteiger partial charge < -0.3 is 0 Å². The summed E-state index contributed by atoms with van der Waals surface area (Å²) < 4.78 is 107. The van der Waals surface area contributed by atoms with Gasteiger partial charge in [0.2, 0.25) is 0 Å². The van der Waals surface area contributed by atoms with Crippen molar-refractivity contribution in [3.05, 3.63) is 58.1 Å². The molecule has 0 aliphatic rings. The Hall–Kier alpha value is -2.23. The van der Waals surface area contributed by atoms with E-state index in [0.29, 0.717) is 23.3 Å². The van der Waals surface area contributed by atoms with E-state index in [-0.39, 0.29) is 22.8 Å². The lowest BCUT2D eigenvalue weighted by molar-refractivity contribution is -0.143. The molecule has 3 nitrogen and oxygen atoms in total. The molecule has 10 heteroatoms. The number of nitrogens with one attached hydrogen (secondary N) is 1. The highest BCUT2D eigenvalue weighted by atomic mass is 32.2. The van der Waals surface area contributed by atoms with Crippen molar-refractivity contribution in [2.45, 2.75) is 63.7 Å². The van der Waals surface area contributed by atoms with Gasteiger partial charge in [0.1, 0.15) is 0 Å². The number of aryl methyl sites for hydroxylation is 1. The van der Waals surface area contributed by atoms with E-state index in [1.807, 2.05) is 18.6 Å². The van der Waals surface area contributed by atoms with Crippen LogP contribution in [-0.2, 0) is 22.4 Å². The predicted octanol–water partition coefficient (Wildman–Crippen LogP) is 7.08. The predicted molar refractivity (Wildman–Crippen MR) is 107 cm³/mol. The van der Waals surface area contributed by atoms with Gasteiger partial charge in [-0.05, 0) is 53.6 Å². The molecule has 1 N–H and O–H groups in total. The maximum Gasteiger partial charge on any atom is 0.416 e. The molecule has 0 heterocycles. The molecule has 0 spiro atoms. The Kier molecular flexibility index (Phi) is 6.76. The van der Waals surface area contributed by atoms with Crippen molar-refractivity contribution < 1.29 is 34.8 Å². The van der Waals surface area contributed by atoms with E-state index in [2.05, 4.69) is 0 Å². The standard InChI is InChI=1S/C21H23F6NO2S/c1-11(2)14-6-13(5)19(18(7-14)12(3)4)31(29,30)28-17-9-15(20(22,23)24)8-16(10-17)21(25,26)27/h6-12,28H,1-5H3. The summed E-state index contributed by atoms with van der Waals surface area (Å²) in [7, 11) is -4.47. The Bertz CT molecular complexity index is 1040. The minimum atomic E-state index is -5.08. The molecule has 0 amide bonds. The van der Waals surface area contributed by atoms with Crippen molar-refractivity contribution in [2.75, 3.05) is 4.72 Å². The molecule has 0 saturated heterocycles. The van der Waals surface area contributed by atoms with Crippen molar-refractivity contribution >= 4 is 15.7 Å². The van der Waals surface area contributed by atoms with Gasteiger partial charge in [-0.25, -0.2) is 8.42 Å². The normalized spacial score (nSPS) is 13.2. The zero-order chi connectivity index (χ0) is 23.9. The van der Waals surface area contributed by atoms with Gasteiger partial charge in [-0.3, -0.25) is 4.72 Å². The minimum Gasteiger partial charge on any atom is -0.280 e. The molecule has 31 heavy (non-hydrogen) atoms. The van der Waals surface area contributed by atoms with E-state index in [1.165, 1.54) is 0 Å². The van der Waals surface area contributed by atoms with Gasteiger partial charge >= 0.3 is 12.4 Å². The molecule has 0 atom stereocenters. The number of hydrogen-bond acceptors (Lipinski definition) is 2. The molecular formula is C21H23F6NO2S. The molecule has 0 aromatic heterocycles. The molecular weight excluding hydrogens is 444 g/mol.